The lowest BCUT2D eigenvalue weighted by Gasteiger charge is -2.39. The third-order valence-electron chi connectivity index (χ3n) is 9.96. The average molecular weight is 1060 g/mol. The minimum atomic E-state index is -2.03. The van der Waals surface area contributed by atoms with Gasteiger partial charge in [0.15, 0.2) is 34.0 Å². The second-order valence-corrected chi connectivity index (χ2v) is 44.2. The van der Waals surface area contributed by atoms with E-state index < -0.39 is 51.1 Å². The summed E-state index contributed by atoms with van der Waals surface area (Å²) in [5, 5.41) is 1.16. The predicted octanol–water partition coefficient (Wildman–Crippen LogP) is 16.3. The third-order valence-corrected chi connectivity index (χ3v) is 31.9. The second-order valence-electron chi connectivity index (χ2n) is 20.3. The summed E-state index contributed by atoms with van der Waals surface area (Å²) in [6.45, 7) is 58.3. The Morgan fingerprint density at radius 1 is 0.476 bits per heavy atom. The Labute approximate surface area is 414 Å². The number of hydrogen-bond donors (Lipinski definition) is 1. The van der Waals surface area contributed by atoms with E-state index in [0.29, 0.717) is 6.54 Å². The summed E-state index contributed by atoms with van der Waals surface area (Å²) in [4.78, 5) is 5.16. The minimum absolute atomic E-state index is 0.583. The molecule has 0 aromatic rings. The van der Waals surface area contributed by atoms with Crippen LogP contribution in [-0.2, 0) is 16.5 Å². The summed E-state index contributed by atoms with van der Waals surface area (Å²) >= 11 is 3.31. The highest BCUT2D eigenvalue weighted by atomic mass is 79.9. The molecular weight excluding hydrogens is 943 g/mol. The van der Waals surface area contributed by atoms with Crippen LogP contribution in [0.5, 0.6) is 0 Å². The fourth-order valence-corrected chi connectivity index (χ4v) is 34.1. The second kappa shape index (κ2) is 46.7. The maximum Gasteiger partial charge on any atom is 0.311 e. The van der Waals surface area contributed by atoms with E-state index in [4.69, 9.17) is 22.2 Å². The van der Waals surface area contributed by atoms with Gasteiger partial charge in [0.2, 0.25) is 0 Å². The molecule has 2 N–H and O–H groups in total. The summed E-state index contributed by atoms with van der Waals surface area (Å²) in [7, 11) is -9.54. The van der Waals surface area contributed by atoms with Gasteiger partial charge in [0.05, 0.1) is 0 Å². The van der Waals surface area contributed by atoms with Crippen molar-refractivity contribution in [2.45, 2.75) is 241 Å². The van der Waals surface area contributed by atoms with Crippen LogP contribution in [-0.4, -0.2) is 112 Å². The third kappa shape index (κ3) is 59.0. The maximum absolute atomic E-state index is 6.76. The smallest absolute Gasteiger partial charge is 0.311 e. The Kier molecular flexibility index (Phi) is 54.1. The average Bonchev–Trinajstić information content (AvgIpc) is 3.17. The fraction of sp³-hybridized carbons (Fsp3) is 0.918. The maximum atomic E-state index is 6.76. The molecule has 0 aromatic carbocycles. The van der Waals surface area contributed by atoms with E-state index >= 15 is 0 Å². The first-order valence-electron chi connectivity index (χ1n) is 26.0. The largest absolute Gasteiger partial charge is 0.440 e. The molecule has 0 atom stereocenters. The van der Waals surface area contributed by atoms with Crippen LogP contribution in [0, 0.1) is 0 Å². The Morgan fingerprint density at radius 3 is 1.05 bits per heavy atom. The molecule has 0 rings (SSSR count). The zero-order valence-electron chi connectivity index (χ0n) is 46.5. The zero-order chi connectivity index (χ0) is 49.9. The summed E-state index contributed by atoms with van der Waals surface area (Å²) in [5.74, 6) is 0. The molecule has 14 heteroatoms. The molecule has 0 heterocycles. The van der Waals surface area contributed by atoms with E-state index in [1.807, 2.05) is 6.08 Å². The van der Waals surface area contributed by atoms with Crippen LogP contribution < -0.4 is 5.73 Å². The number of halogens is 1. The van der Waals surface area contributed by atoms with Gasteiger partial charge in [-0.2, -0.15) is 0 Å². The summed E-state index contributed by atoms with van der Waals surface area (Å²) in [6.07, 6.45) is 23.1. The first-order chi connectivity index (χ1) is 29.3. The normalized spacial score (nSPS) is 12.1. The molecule has 0 saturated heterocycles. The van der Waals surface area contributed by atoms with Crippen LogP contribution in [0.15, 0.2) is 25.3 Å². The Morgan fingerprint density at radius 2 is 0.778 bits per heavy atom. The van der Waals surface area contributed by atoms with Gasteiger partial charge >= 0.3 is 17.1 Å². The van der Waals surface area contributed by atoms with Gasteiger partial charge in [-0.05, 0) is 168 Å². The van der Waals surface area contributed by atoms with Gasteiger partial charge < -0.3 is 27.1 Å². The van der Waals surface area contributed by atoms with Crippen molar-refractivity contribution in [3.63, 3.8) is 0 Å². The molecule has 0 aliphatic carbocycles. The van der Waals surface area contributed by atoms with E-state index in [1.165, 1.54) is 147 Å². The van der Waals surface area contributed by atoms with Crippen molar-refractivity contribution < 1.29 is 16.5 Å². The van der Waals surface area contributed by atoms with Crippen LogP contribution in [0.25, 0.3) is 0 Å². The molecule has 0 aromatic heterocycles. The molecule has 0 aliphatic heterocycles. The van der Waals surface area contributed by atoms with Crippen molar-refractivity contribution in [3.8, 4) is 0 Å². The quantitative estimate of drug-likeness (QED) is 0.0385. The number of hydrogen-bond acceptors (Lipinski definition) is 7. The molecule has 0 bridgehead atoms. The van der Waals surface area contributed by atoms with Gasteiger partial charge in [0.25, 0.3) is 0 Å². The number of nitrogens with two attached hydrogens (primary N) is 1. The number of unbranched alkanes of at least 4 members (excludes halogenated alkanes) is 7. The highest BCUT2D eigenvalue weighted by Crippen LogP contribution is 2.27. The fourth-order valence-electron chi connectivity index (χ4n) is 7.17. The highest BCUT2D eigenvalue weighted by Gasteiger charge is 2.39. The summed E-state index contributed by atoms with van der Waals surface area (Å²) in [6, 6.07) is 3.77. The minimum Gasteiger partial charge on any atom is -0.440 e. The van der Waals surface area contributed by atoms with E-state index in [9.17, 15) is 0 Å². The van der Waals surface area contributed by atoms with Crippen molar-refractivity contribution in [1.82, 2.24) is 9.80 Å². The van der Waals surface area contributed by atoms with Gasteiger partial charge in [-0.1, -0.05) is 134 Å². The zero-order valence-corrected chi connectivity index (χ0v) is 54.3. The Balaban J connectivity index is -0.000000261. The van der Waals surface area contributed by atoms with Crippen LogP contribution in [0.4, 0.5) is 0 Å². The van der Waals surface area contributed by atoms with Gasteiger partial charge in [-0.25, -0.2) is 0 Å². The van der Waals surface area contributed by atoms with Crippen molar-refractivity contribution in [2.75, 3.05) is 51.1 Å². The first kappa shape index (κ1) is 73.0. The van der Waals surface area contributed by atoms with Gasteiger partial charge in [-0.15, -0.1) is 13.2 Å². The molecule has 0 radical (unpaired) electrons. The summed E-state index contributed by atoms with van der Waals surface area (Å²) in [5.41, 5.74) is 4.91. The first-order valence-corrected chi connectivity index (χ1v) is 44.9. The van der Waals surface area contributed by atoms with Gasteiger partial charge in [0, 0.05) is 18.4 Å². The summed E-state index contributed by atoms with van der Waals surface area (Å²) < 4.78 is 25.8. The molecule has 0 unspecified atom stereocenters. The molecule has 0 aliphatic rings. The SMILES string of the molecule is C=CCN.C=CCN(CCCC)CCCC.CCCCBr.CCCCN(CCCC)CCC[Si](C)(C)O[Si](C)(C)O[Si](C)(C)CCCC.CCCC[Si](C)(C)O[Si](C)(C)O[SiH](C)C. The highest BCUT2D eigenvalue weighted by molar-refractivity contribution is 9.09. The molecule has 0 fully saturated rings. The molecule has 0 spiro atoms. The molecule has 7 nitrogen and oxygen atoms in total. The Bertz CT molecular complexity index is 964. The van der Waals surface area contributed by atoms with Gasteiger partial charge in [0.1, 0.15) is 0 Å². The number of alkyl halides is 1. The lowest BCUT2D eigenvalue weighted by atomic mass is 10.2. The van der Waals surface area contributed by atoms with E-state index in [-0.39, 0.29) is 0 Å². The standard InChI is InChI=1S/C21H51NO2Si3.C11H23N.C10H28O2Si3.C4H9Br.C3H7N/c1-10-13-17-22(18-14-11-2)19-16-21-26(6,7)24-27(8,9)23-25(4,5)20-15-12-3;1-4-7-10-12(9-6-3)11-8-5-2;1-8-9-10-14(4,5)12-15(6,7)11-13(2)3;1-2-3-4-5;1-2-3-4/h10-21H2,1-9H3;6H,3-5,7-11H2,1-2H3;13H,8-10H2,1-7H3;2-4H2,1H3;2H,1,3-4H2. The Hall–Kier alpha value is 0.981. The van der Waals surface area contributed by atoms with E-state index in [2.05, 4.69) is 166 Å². The van der Waals surface area contributed by atoms with Crippen molar-refractivity contribution in [1.29, 1.82) is 0 Å². The van der Waals surface area contributed by atoms with Crippen molar-refractivity contribution >= 4 is 67.0 Å². The van der Waals surface area contributed by atoms with Gasteiger partial charge in [-0.3, -0.25) is 4.90 Å². The van der Waals surface area contributed by atoms with Crippen molar-refractivity contribution in [2.24, 2.45) is 5.73 Å². The monoisotopic (exact) mass is 1060 g/mol. The lowest BCUT2D eigenvalue weighted by Crippen LogP contribution is -2.52. The predicted molar refractivity (Wildman–Crippen MR) is 310 cm³/mol. The van der Waals surface area contributed by atoms with Crippen LogP contribution in [0.3, 0.4) is 0 Å². The molecule has 0 saturated carbocycles. The number of nitrogens with zero attached hydrogens (tertiary/aromatic N) is 2. The van der Waals surface area contributed by atoms with Crippen LogP contribution >= 0.6 is 15.9 Å². The lowest BCUT2D eigenvalue weighted by molar-refractivity contribution is 0.264. The number of rotatable bonds is 35. The van der Waals surface area contributed by atoms with Crippen molar-refractivity contribution in [3.05, 3.63) is 25.3 Å². The topological polar surface area (TPSA) is 69.4 Å². The van der Waals surface area contributed by atoms with E-state index in [1.54, 1.807) is 6.08 Å². The molecule has 63 heavy (non-hydrogen) atoms. The molecular formula is C49H118BrN3O4Si6. The molecule has 384 valence electrons. The molecule has 0 amide bonds. The van der Waals surface area contributed by atoms with E-state index in [0.717, 1.165) is 11.9 Å². The van der Waals surface area contributed by atoms with Crippen LogP contribution in [0.2, 0.25) is 96.7 Å². The van der Waals surface area contributed by atoms with Crippen LogP contribution in [0.1, 0.15) is 145 Å².